The molecule has 1 aliphatic rings. The highest BCUT2D eigenvalue weighted by Crippen LogP contribution is 2.31. The molecule has 1 fully saturated rings. The number of carbonyl (C=O) groups is 2. The number of nitrogen functional groups attached to an aromatic ring is 1. The quantitative estimate of drug-likeness (QED) is 0.664. The molecule has 6 heteroatoms. The largest absolute Gasteiger partial charge is 0.481 e. The van der Waals surface area contributed by atoms with Gasteiger partial charge in [0.1, 0.15) is 5.78 Å². The second-order valence-corrected chi connectivity index (χ2v) is 8.18. The molecular weight excluding hydrogens is 378 g/mol. The van der Waals surface area contributed by atoms with Gasteiger partial charge in [-0.25, -0.2) is 4.98 Å². The maximum absolute atomic E-state index is 12.7. The molecule has 1 amide bonds. The van der Waals surface area contributed by atoms with E-state index in [0.717, 1.165) is 44.3 Å². The third-order valence-corrected chi connectivity index (χ3v) is 5.93. The number of ether oxygens (including phenoxy) is 1. The number of rotatable bonds is 8. The lowest BCUT2D eigenvalue weighted by molar-refractivity contribution is -0.117. The number of anilines is 1. The second kappa shape index (κ2) is 10.2. The van der Waals surface area contributed by atoms with Crippen molar-refractivity contribution in [2.75, 3.05) is 25.9 Å². The van der Waals surface area contributed by atoms with E-state index >= 15 is 0 Å². The summed E-state index contributed by atoms with van der Waals surface area (Å²) in [6.45, 7) is 3.17. The van der Waals surface area contributed by atoms with Crippen LogP contribution in [-0.2, 0) is 4.79 Å². The summed E-state index contributed by atoms with van der Waals surface area (Å²) in [7, 11) is 1.60. The summed E-state index contributed by atoms with van der Waals surface area (Å²) >= 11 is 0. The van der Waals surface area contributed by atoms with E-state index in [-0.39, 0.29) is 17.6 Å². The van der Waals surface area contributed by atoms with Crippen LogP contribution in [0.1, 0.15) is 60.9 Å². The van der Waals surface area contributed by atoms with Crippen molar-refractivity contribution in [3.8, 4) is 5.88 Å². The smallest absolute Gasteiger partial charge is 0.253 e. The fraction of sp³-hybridized carbons (Fsp3) is 0.458. The molecule has 1 saturated heterocycles. The molecule has 2 heterocycles. The fourth-order valence-electron chi connectivity index (χ4n) is 4.20. The van der Waals surface area contributed by atoms with Crippen molar-refractivity contribution in [1.29, 1.82) is 0 Å². The SMILES string of the molecule is COc1ccc(C(CCC2CCN(C(=O)c3cccc(N)c3)CC2)CC(C)=O)cn1. The van der Waals surface area contributed by atoms with Gasteiger partial charge in [0.2, 0.25) is 5.88 Å². The number of likely N-dealkylation sites (tertiary alicyclic amines) is 1. The van der Waals surface area contributed by atoms with Crippen LogP contribution >= 0.6 is 0 Å². The summed E-state index contributed by atoms with van der Waals surface area (Å²) in [5.41, 5.74) is 8.16. The Labute approximate surface area is 178 Å². The predicted octanol–water partition coefficient (Wildman–Crippen LogP) is 4.07. The first-order chi connectivity index (χ1) is 14.5. The average Bonchev–Trinajstić information content (AvgIpc) is 2.76. The van der Waals surface area contributed by atoms with E-state index in [1.54, 1.807) is 26.2 Å². The zero-order valence-corrected chi connectivity index (χ0v) is 17.8. The van der Waals surface area contributed by atoms with Gasteiger partial charge in [-0.15, -0.1) is 0 Å². The Bertz CT molecular complexity index is 858. The van der Waals surface area contributed by atoms with E-state index in [9.17, 15) is 9.59 Å². The minimum absolute atomic E-state index is 0.0551. The van der Waals surface area contributed by atoms with Crippen molar-refractivity contribution >= 4 is 17.4 Å². The summed E-state index contributed by atoms with van der Waals surface area (Å²) in [5, 5.41) is 0. The highest BCUT2D eigenvalue weighted by Gasteiger charge is 2.25. The van der Waals surface area contributed by atoms with Crippen LogP contribution in [0.2, 0.25) is 0 Å². The number of Topliss-reactive ketones (excluding diaryl/α,β-unsaturated/α-hetero) is 1. The van der Waals surface area contributed by atoms with Crippen LogP contribution in [-0.4, -0.2) is 41.8 Å². The number of carbonyl (C=O) groups excluding carboxylic acids is 2. The van der Waals surface area contributed by atoms with Crippen LogP contribution in [0.25, 0.3) is 0 Å². The maximum Gasteiger partial charge on any atom is 0.253 e. The third-order valence-electron chi connectivity index (χ3n) is 5.93. The van der Waals surface area contributed by atoms with Gasteiger partial charge < -0.3 is 20.2 Å². The topological polar surface area (TPSA) is 85.5 Å². The van der Waals surface area contributed by atoms with Crippen molar-refractivity contribution < 1.29 is 14.3 Å². The number of methoxy groups -OCH3 is 1. The number of hydrogen-bond acceptors (Lipinski definition) is 5. The van der Waals surface area contributed by atoms with Crippen LogP contribution in [0, 0.1) is 5.92 Å². The maximum atomic E-state index is 12.7. The standard InChI is InChI=1S/C24H31N3O3/c1-17(28)14-19(21-8-9-23(30-2)26-16-21)7-6-18-10-12-27(13-11-18)24(29)20-4-3-5-22(25)15-20/h3-5,8-9,15-16,18-19H,6-7,10-14,25H2,1-2H3. The number of hydrogen-bond donors (Lipinski definition) is 1. The lowest BCUT2D eigenvalue weighted by Gasteiger charge is -2.32. The third kappa shape index (κ3) is 5.81. The molecule has 1 atom stereocenters. The minimum atomic E-state index is 0.0551. The first-order valence-electron chi connectivity index (χ1n) is 10.6. The number of amides is 1. The fourth-order valence-corrected chi connectivity index (χ4v) is 4.20. The van der Waals surface area contributed by atoms with Gasteiger partial charge in [-0.1, -0.05) is 12.1 Å². The van der Waals surface area contributed by atoms with Crippen LogP contribution in [0.15, 0.2) is 42.6 Å². The average molecular weight is 410 g/mol. The lowest BCUT2D eigenvalue weighted by Crippen LogP contribution is -2.38. The van der Waals surface area contributed by atoms with Crippen LogP contribution in [0.3, 0.4) is 0 Å². The number of piperidine rings is 1. The lowest BCUT2D eigenvalue weighted by atomic mass is 9.84. The zero-order valence-electron chi connectivity index (χ0n) is 17.8. The van der Waals surface area contributed by atoms with Crippen molar-refractivity contribution in [3.05, 3.63) is 53.7 Å². The van der Waals surface area contributed by atoms with Gasteiger partial charge in [-0.2, -0.15) is 0 Å². The van der Waals surface area contributed by atoms with Crippen LogP contribution < -0.4 is 10.5 Å². The number of ketones is 1. The van der Waals surface area contributed by atoms with E-state index in [1.165, 1.54) is 0 Å². The molecule has 30 heavy (non-hydrogen) atoms. The molecule has 2 N–H and O–H groups in total. The number of benzene rings is 1. The summed E-state index contributed by atoms with van der Waals surface area (Å²) in [6.07, 6.45) is 6.31. The van der Waals surface area contributed by atoms with E-state index in [4.69, 9.17) is 10.5 Å². The summed E-state index contributed by atoms with van der Waals surface area (Å²) < 4.78 is 5.14. The van der Waals surface area contributed by atoms with E-state index < -0.39 is 0 Å². The van der Waals surface area contributed by atoms with Gasteiger partial charge in [0, 0.05) is 43.0 Å². The number of nitrogens with zero attached hydrogens (tertiary/aromatic N) is 2. The molecule has 6 nitrogen and oxygen atoms in total. The first-order valence-corrected chi connectivity index (χ1v) is 10.6. The highest BCUT2D eigenvalue weighted by atomic mass is 16.5. The van der Waals surface area contributed by atoms with Gasteiger partial charge in [-0.05, 0) is 68.2 Å². The minimum Gasteiger partial charge on any atom is -0.481 e. The Morgan fingerprint density at radius 3 is 2.60 bits per heavy atom. The Hall–Kier alpha value is -2.89. The van der Waals surface area contributed by atoms with E-state index in [1.807, 2.05) is 35.4 Å². The Morgan fingerprint density at radius 2 is 2.00 bits per heavy atom. The normalized spacial score (nSPS) is 15.6. The molecule has 1 aromatic heterocycles. The molecule has 1 aliphatic heterocycles. The molecular formula is C24H31N3O3. The molecule has 0 spiro atoms. The van der Waals surface area contributed by atoms with Gasteiger partial charge in [0.05, 0.1) is 7.11 Å². The van der Waals surface area contributed by atoms with Crippen molar-refractivity contribution in [1.82, 2.24) is 9.88 Å². The number of pyridine rings is 1. The molecule has 1 aromatic carbocycles. The van der Waals surface area contributed by atoms with Gasteiger partial charge in [0.15, 0.2) is 0 Å². The molecule has 0 aliphatic carbocycles. The Balaban J connectivity index is 1.53. The van der Waals surface area contributed by atoms with Crippen molar-refractivity contribution in [2.45, 2.75) is 44.9 Å². The molecule has 0 saturated carbocycles. The van der Waals surface area contributed by atoms with Gasteiger partial charge >= 0.3 is 0 Å². The Morgan fingerprint density at radius 1 is 1.23 bits per heavy atom. The van der Waals surface area contributed by atoms with Crippen LogP contribution in [0.4, 0.5) is 5.69 Å². The van der Waals surface area contributed by atoms with E-state index in [2.05, 4.69) is 4.98 Å². The van der Waals surface area contributed by atoms with Gasteiger partial charge in [0.25, 0.3) is 5.91 Å². The molecule has 2 aromatic rings. The Kier molecular flexibility index (Phi) is 7.44. The van der Waals surface area contributed by atoms with Crippen molar-refractivity contribution in [3.63, 3.8) is 0 Å². The molecule has 1 unspecified atom stereocenters. The predicted molar refractivity (Wildman–Crippen MR) is 118 cm³/mol. The molecule has 0 bridgehead atoms. The molecule has 160 valence electrons. The second-order valence-electron chi connectivity index (χ2n) is 8.18. The monoisotopic (exact) mass is 409 g/mol. The summed E-state index contributed by atoms with van der Waals surface area (Å²) in [6, 6.07) is 11.0. The van der Waals surface area contributed by atoms with Crippen molar-refractivity contribution in [2.24, 2.45) is 5.92 Å². The van der Waals surface area contributed by atoms with Crippen LogP contribution in [0.5, 0.6) is 5.88 Å². The number of nitrogens with two attached hydrogens (primary N) is 1. The highest BCUT2D eigenvalue weighted by molar-refractivity contribution is 5.95. The van der Waals surface area contributed by atoms with Gasteiger partial charge in [-0.3, -0.25) is 4.79 Å². The summed E-state index contributed by atoms with van der Waals surface area (Å²) in [5.74, 6) is 1.57. The number of aromatic nitrogens is 1. The molecule has 0 radical (unpaired) electrons. The molecule has 3 rings (SSSR count). The van der Waals surface area contributed by atoms with E-state index in [0.29, 0.717) is 29.5 Å². The first kappa shape index (κ1) is 21.8. The zero-order chi connectivity index (χ0) is 21.5. The summed E-state index contributed by atoms with van der Waals surface area (Å²) in [4.78, 5) is 30.7.